The largest absolute Gasteiger partial charge is 0.471 e. The summed E-state index contributed by atoms with van der Waals surface area (Å²) < 4.78 is 36.8. The van der Waals surface area contributed by atoms with Crippen LogP contribution in [0.1, 0.15) is 18.1 Å². The first kappa shape index (κ1) is 23.0. The Morgan fingerprint density at radius 1 is 1.44 bits per heavy atom. The maximum absolute atomic E-state index is 12.7. The molecule has 0 saturated carbocycles. The van der Waals surface area contributed by atoms with E-state index in [0.29, 0.717) is 16.6 Å². The van der Waals surface area contributed by atoms with E-state index in [-0.39, 0.29) is 33.7 Å². The highest BCUT2D eigenvalue weighted by molar-refractivity contribution is 6.43. The molecule has 2 aromatic heterocycles. The van der Waals surface area contributed by atoms with Crippen LogP contribution in [0.2, 0.25) is 0 Å². The highest BCUT2D eigenvalue weighted by atomic mass is 35.5. The molecule has 1 N–H and O–H groups in total. The maximum Gasteiger partial charge on any atom is 0.347 e. The molecule has 0 aliphatic heterocycles. The molecule has 0 bridgehead atoms. The summed E-state index contributed by atoms with van der Waals surface area (Å²) in [5, 5.41) is 11.7. The van der Waals surface area contributed by atoms with Crippen molar-refractivity contribution in [3.8, 4) is 17.5 Å². The van der Waals surface area contributed by atoms with Gasteiger partial charge in [-0.2, -0.15) is 0 Å². The lowest BCUT2D eigenvalue weighted by molar-refractivity contribution is 0.0794. The fourth-order valence-corrected chi connectivity index (χ4v) is 2.98. The van der Waals surface area contributed by atoms with E-state index in [2.05, 4.69) is 21.7 Å². The Bertz CT molecular complexity index is 1310. The fourth-order valence-electron chi connectivity index (χ4n) is 2.85. The van der Waals surface area contributed by atoms with E-state index < -0.39 is 18.7 Å². The molecule has 0 amide bonds. The molecule has 3 aromatic rings. The van der Waals surface area contributed by atoms with Crippen LogP contribution in [0.25, 0.3) is 22.5 Å². The van der Waals surface area contributed by atoms with Crippen LogP contribution in [-0.2, 0) is 0 Å². The summed E-state index contributed by atoms with van der Waals surface area (Å²) in [4.78, 5) is 21.3. The Labute approximate surface area is 186 Å². The van der Waals surface area contributed by atoms with E-state index in [4.69, 9.17) is 26.2 Å². The normalized spacial score (nSPS) is 12.1. The lowest BCUT2D eigenvalue weighted by Crippen LogP contribution is -2.16. The van der Waals surface area contributed by atoms with Crippen molar-refractivity contribution in [3.63, 3.8) is 0 Å². The number of ether oxygens (including phenoxy) is 1. The van der Waals surface area contributed by atoms with Crippen LogP contribution in [0.3, 0.4) is 0 Å². The number of fused-ring (bicyclic) bond motifs is 1. The first-order valence-electron chi connectivity index (χ1n) is 9.26. The molecule has 3 rings (SSSR count). The zero-order chi connectivity index (χ0) is 23.4. The number of halogens is 3. The number of allylic oxidation sites excluding steroid dienone is 2. The van der Waals surface area contributed by atoms with Crippen molar-refractivity contribution in [2.75, 3.05) is 6.61 Å². The van der Waals surface area contributed by atoms with Gasteiger partial charge in [-0.25, -0.2) is 28.2 Å². The first-order valence-corrected chi connectivity index (χ1v) is 9.64. The third-order valence-corrected chi connectivity index (χ3v) is 4.33. The van der Waals surface area contributed by atoms with Gasteiger partial charge in [0.25, 0.3) is 6.43 Å². The van der Waals surface area contributed by atoms with Gasteiger partial charge in [0.1, 0.15) is 5.69 Å². The van der Waals surface area contributed by atoms with E-state index in [1.54, 1.807) is 26.0 Å². The van der Waals surface area contributed by atoms with Gasteiger partial charge in [0, 0.05) is 18.5 Å². The number of rotatable bonds is 7. The molecule has 0 atom stereocenters. The minimum atomic E-state index is -2.72. The molecule has 8 nitrogen and oxygen atoms in total. The van der Waals surface area contributed by atoms with Gasteiger partial charge in [0.05, 0.1) is 15.9 Å². The van der Waals surface area contributed by atoms with Crippen LogP contribution in [-0.4, -0.2) is 39.8 Å². The van der Waals surface area contributed by atoms with E-state index in [1.165, 1.54) is 18.3 Å². The lowest BCUT2D eigenvalue weighted by atomic mass is 10.1. The average Bonchev–Trinajstić information content (AvgIpc) is 3.16. The summed E-state index contributed by atoms with van der Waals surface area (Å²) in [7, 11) is 0. The molecule has 0 radical (unpaired) electrons. The van der Waals surface area contributed by atoms with Gasteiger partial charge >= 0.3 is 5.63 Å². The minimum absolute atomic E-state index is 0.0113. The molecule has 0 aliphatic carbocycles. The Morgan fingerprint density at radius 2 is 2.19 bits per heavy atom. The maximum atomic E-state index is 12.7. The number of nitrogens with zero attached hydrogens (tertiary/aromatic N) is 4. The van der Waals surface area contributed by atoms with Gasteiger partial charge in [-0.3, -0.25) is 0 Å². The van der Waals surface area contributed by atoms with Crippen LogP contribution < -0.4 is 10.4 Å². The third kappa shape index (κ3) is 4.80. The van der Waals surface area contributed by atoms with Gasteiger partial charge in [-0.05, 0) is 37.1 Å². The van der Waals surface area contributed by atoms with Crippen molar-refractivity contribution >= 4 is 34.6 Å². The van der Waals surface area contributed by atoms with Gasteiger partial charge < -0.3 is 14.6 Å². The number of aliphatic imine (C=N–C) groups is 1. The summed E-state index contributed by atoms with van der Waals surface area (Å²) in [6.07, 6.45) is 1.46. The Morgan fingerprint density at radius 3 is 2.81 bits per heavy atom. The van der Waals surface area contributed by atoms with Crippen LogP contribution in [0.15, 0.2) is 56.3 Å². The Hall–Kier alpha value is -3.66. The van der Waals surface area contributed by atoms with Crippen molar-refractivity contribution < 1.29 is 17.9 Å². The fraction of sp³-hybridized carbons (Fsp3) is 0.190. The molecular weight excluding hydrogens is 444 g/mol. The van der Waals surface area contributed by atoms with Crippen molar-refractivity contribution in [1.82, 2.24) is 14.8 Å². The van der Waals surface area contributed by atoms with Crippen LogP contribution in [0.4, 0.5) is 8.78 Å². The van der Waals surface area contributed by atoms with Gasteiger partial charge in [-0.1, -0.05) is 24.3 Å². The van der Waals surface area contributed by atoms with Crippen LogP contribution >= 0.6 is 11.6 Å². The molecule has 0 fully saturated rings. The molecular formula is C21H18ClF2N5O3. The van der Waals surface area contributed by atoms with Gasteiger partial charge in [-0.15, -0.1) is 5.10 Å². The predicted octanol–water partition coefficient (Wildman–Crippen LogP) is 4.53. The SMILES string of the molecule is C=C(Cl)C(=N/C=C\C)n1nc(OCC(F)F)cc1-c1nc2c(C)cc(C=N)cc2c(=O)o1. The second-order valence-corrected chi connectivity index (χ2v) is 6.96. The van der Waals surface area contributed by atoms with Gasteiger partial charge in [0.2, 0.25) is 11.8 Å². The molecule has 11 heteroatoms. The summed E-state index contributed by atoms with van der Waals surface area (Å²) in [5.74, 6) is -0.280. The number of benzene rings is 1. The van der Waals surface area contributed by atoms with Crippen molar-refractivity contribution in [3.05, 3.63) is 63.6 Å². The second-order valence-electron chi connectivity index (χ2n) is 6.51. The van der Waals surface area contributed by atoms with Crippen LogP contribution in [0.5, 0.6) is 5.88 Å². The molecule has 0 aliphatic rings. The molecule has 1 aromatic carbocycles. The lowest BCUT2D eigenvalue weighted by Gasteiger charge is -2.09. The molecule has 166 valence electrons. The van der Waals surface area contributed by atoms with E-state index in [1.807, 2.05) is 0 Å². The second kappa shape index (κ2) is 9.65. The number of alkyl halides is 2. The quantitative estimate of drug-likeness (QED) is 0.411. The summed E-state index contributed by atoms with van der Waals surface area (Å²) in [6, 6.07) is 4.47. The van der Waals surface area contributed by atoms with E-state index >= 15 is 0 Å². The third-order valence-electron chi connectivity index (χ3n) is 4.16. The number of nitrogens with one attached hydrogen (secondary N) is 1. The smallest absolute Gasteiger partial charge is 0.347 e. The standard InChI is InChI=1S/C21H18ClF2N5O3/c1-4-5-26-19(12(3)22)29-15(8-17(28-29)31-10-16(23)24)20-27-18-11(2)6-13(9-25)7-14(18)21(30)32-20/h4-9,16,25H,3,10H2,1-2H3/b5-4-,25-9?,26-19?. The number of aromatic nitrogens is 3. The molecule has 2 heterocycles. The number of aryl methyl sites for hydroxylation is 1. The number of hydrogen-bond donors (Lipinski definition) is 1. The summed E-state index contributed by atoms with van der Waals surface area (Å²) in [5.41, 5.74) is 0.898. The van der Waals surface area contributed by atoms with Crippen molar-refractivity contribution in [1.29, 1.82) is 5.41 Å². The monoisotopic (exact) mass is 461 g/mol. The highest BCUT2D eigenvalue weighted by Crippen LogP contribution is 2.26. The summed E-state index contributed by atoms with van der Waals surface area (Å²) in [6.45, 7) is 6.23. The van der Waals surface area contributed by atoms with Crippen molar-refractivity contribution in [2.45, 2.75) is 20.3 Å². The van der Waals surface area contributed by atoms with Crippen molar-refractivity contribution in [2.24, 2.45) is 4.99 Å². The topological polar surface area (TPSA) is 106 Å². The molecule has 0 saturated heterocycles. The zero-order valence-corrected chi connectivity index (χ0v) is 17.9. The minimum Gasteiger partial charge on any atom is -0.471 e. The van der Waals surface area contributed by atoms with Crippen LogP contribution in [0, 0.1) is 12.3 Å². The van der Waals surface area contributed by atoms with E-state index in [0.717, 1.165) is 10.9 Å². The Balaban J connectivity index is 2.26. The average molecular weight is 462 g/mol. The molecule has 32 heavy (non-hydrogen) atoms. The zero-order valence-electron chi connectivity index (χ0n) is 17.1. The molecule has 0 spiro atoms. The summed E-state index contributed by atoms with van der Waals surface area (Å²) >= 11 is 6.08. The highest BCUT2D eigenvalue weighted by Gasteiger charge is 2.22. The van der Waals surface area contributed by atoms with Gasteiger partial charge in [0.15, 0.2) is 12.4 Å². The first-order chi connectivity index (χ1) is 15.2. The molecule has 0 unspecified atom stereocenters. The number of hydrogen-bond acceptors (Lipinski definition) is 7. The predicted molar refractivity (Wildman–Crippen MR) is 118 cm³/mol. The van der Waals surface area contributed by atoms with E-state index in [9.17, 15) is 13.6 Å². The Kier molecular flexibility index (Phi) is 6.94.